The maximum Gasteiger partial charge on any atom is 0.125 e. The van der Waals surface area contributed by atoms with Gasteiger partial charge in [0.1, 0.15) is 12.4 Å². The first-order valence-corrected chi connectivity index (χ1v) is 6.71. The Bertz CT molecular complexity index is 488. The second-order valence-corrected chi connectivity index (χ2v) is 4.73. The summed E-state index contributed by atoms with van der Waals surface area (Å²) in [5, 5.41) is 3.39. The summed E-state index contributed by atoms with van der Waals surface area (Å²) >= 11 is 0. The lowest BCUT2D eigenvalue weighted by Crippen LogP contribution is -2.20. The fourth-order valence-corrected chi connectivity index (χ4v) is 2.08. The third kappa shape index (κ3) is 4.11. The maximum absolute atomic E-state index is 5.84. The molecule has 2 aromatic rings. The smallest absolute Gasteiger partial charge is 0.125 e. The van der Waals surface area contributed by atoms with Gasteiger partial charge in [0, 0.05) is 13.1 Å². The van der Waals surface area contributed by atoms with Gasteiger partial charge in [-0.3, -0.25) is 0 Å². The molecule has 0 aliphatic rings. The number of ether oxygens (including phenoxy) is 1. The third-order valence-corrected chi connectivity index (χ3v) is 3.11. The van der Waals surface area contributed by atoms with E-state index in [0.717, 1.165) is 18.8 Å². The monoisotopic (exact) mass is 255 g/mol. The second kappa shape index (κ2) is 6.95. The molecular formula is C17H21NO. The normalized spacial score (nSPS) is 10.4. The molecule has 2 aromatic carbocycles. The van der Waals surface area contributed by atoms with Crippen molar-refractivity contribution in [3.63, 3.8) is 0 Å². The first-order valence-electron chi connectivity index (χ1n) is 6.71. The van der Waals surface area contributed by atoms with E-state index in [0.29, 0.717) is 6.61 Å². The van der Waals surface area contributed by atoms with Crippen LogP contribution in [0.5, 0.6) is 5.75 Å². The number of hydrogen-bond donors (Lipinski definition) is 1. The van der Waals surface area contributed by atoms with Crippen molar-refractivity contribution >= 4 is 0 Å². The van der Waals surface area contributed by atoms with Crippen molar-refractivity contribution in [3.05, 3.63) is 65.2 Å². The van der Waals surface area contributed by atoms with Crippen LogP contribution in [0.2, 0.25) is 0 Å². The zero-order chi connectivity index (χ0) is 13.5. The Morgan fingerprint density at radius 3 is 2.26 bits per heavy atom. The number of hydrogen-bond acceptors (Lipinski definition) is 2. The molecule has 2 rings (SSSR count). The minimum atomic E-state index is 0.693. The minimum absolute atomic E-state index is 0.693. The Kier molecular flexibility index (Phi) is 4.99. The Balaban J connectivity index is 1.73. The zero-order valence-corrected chi connectivity index (χ0v) is 11.6. The summed E-state index contributed by atoms with van der Waals surface area (Å²) in [4.78, 5) is 0. The standard InChI is InChI=1S/C17H21NO/c1-14-7-6-8-15(2)17(14)19-12-11-18-13-16-9-4-3-5-10-16/h3-10,18H,11-13H2,1-2H3. The van der Waals surface area contributed by atoms with E-state index in [1.54, 1.807) is 0 Å². The molecular weight excluding hydrogens is 234 g/mol. The first kappa shape index (κ1) is 13.6. The highest BCUT2D eigenvalue weighted by molar-refractivity contribution is 5.39. The quantitative estimate of drug-likeness (QED) is 0.798. The van der Waals surface area contributed by atoms with E-state index < -0.39 is 0 Å². The highest BCUT2D eigenvalue weighted by atomic mass is 16.5. The van der Waals surface area contributed by atoms with E-state index in [9.17, 15) is 0 Å². The number of para-hydroxylation sites is 1. The van der Waals surface area contributed by atoms with Gasteiger partial charge in [0.2, 0.25) is 0 Å². The number of benzene rings is 2. The Morgan fingerprint density at radius 2 is 1.58 bits per heavy atom. The van der Waals surface area contributed by atoms with Crippen LogP contribution in [0, 0.1) is 13.8 Å². The van der Waals surface area contributed by atoms with Crippen molar-refractivity contribution in [2.75, 3.05) is 13.2 Å². The molecule has 0 atom stereocenters. The molecule has 0 spiro atoms. The average molecular weight is 255 g/mol. The summed E-state index contributed by atoms with van der Waals surface area (Å²) in [6.07, 6.45) is 0. The van der Waals surface area contributed by atoms with Crippen molar-refractivity contribution < 1.29 is 4.74 Å². The van der Waals surface area contributed by atoms with Crippen LogP contribution in [0.25, 0.3) is 0 Å². The molecule has 0 aliphatic heterocycles. The van der Waals surface area contributed by atoms with Gasteiger partial charge in [0.25, 0.3) is 0 Å². The van der Waals surface area contributed by atoms with Crippen LogP contribution in [-0.4, -0.2) is 13.2 Å². The Morgan fingerprint density at radius 1 is 0.895 bits per heavy atom. The molecule has 2 nitrogen and oxygen atoms in total. The highest BCUT2D eigenvalue weighted by Gasteiger charge is 2.02. The third-order valence-electron chi connectivity index (χ3n) is 3.11. The predicted octanol–water partition coefficient (Wildman–Crippen LogP) is 3.47. The summed E-state index contributed by atoms with van der Waals surface area (Å²) in [5.41, 5.74) is 3.70. The summed E-state index contributed by atoms with van der Waals surface area (Å²) < 4.78 is 5.84. The maximum atomic E-state index is 5.84. The highest BCUT2D eigenvalue weighted by Crippen LogP contribution is 2.21. The van der Waals surface area contributed by atoms with Crippen LogP contribution in [-0.2, 0) is 6.54 Å². The molecule has 19 heavy (non-hydrogen) atoms. The lowest BCUT2D eigenvalue weighted by molar-refractivity contribution is 0.309. The van der Waals surface area contributed by atoms with Crippen LogP contribution >= 0.6 is 0 Å². The molecule has 0 radical (unpaired) electrons. The number of nitrogens with one attached hydrogen (secondary N) is 1. The number of aryl methyl sites for hydroxylation is 2. The van der Waals surface area contributed by atoms with Crippen molar-refractivity contribution in [1.82, 2.24) is 5.32 Å². The summed E-state index contributed by atoms with van der Waals surface area (Å²) in [6, 6.07) is 16.6. The lowest BCUT2D eigenvalue weighted by atomic mass is 10.1. The molecule has 0 amide bonds. The van der Waals surface area contributed by atoms with Crippen LogP contribution in [0.3, 0.4) is 0 Å². The first-order chi connectivity index (χ1) is 9.27. The molecule has 0 unspecified atom stereocenters. The van der Waals surface area contributed by atoms with Gasteiger partial charge in [-0.15, -0.1) is 0 Å². The van der Waals surface area contributed by atoms with Crippen LogP contribution in [0.1, 0.15) is 16.7 Å². The molecule has 1 N–H and O–H groups in total. The van der Waals surface area contributed by atoms with E-state index >= 15 is 0 Å². The SMILES string of the molecule is Cc1cccc(C)c1OCCNCc1ccccc1. The Labute approximate surface area is 115 Å². The summed E-state index contributed by atoms with van der Waals surface area (Å²) in [7, 11) is 0. The molecule has 0 fully saturated rings. The van der Waals surface area contributed by atoms with Gasteiger partial charge in [0.15, 0.2) is 0 Å². The molecule has 0 heterocycles. The second-order valence-electron chi connectivity index (χ2n) is 4.73. The molecule has 0 saturated carbocycles. The van der Waals surface area contributed by atoms with Gasteiger partial charge in [0.05, 0.1) is 0 Å². The molecule has 2 heteroatoms. The van der Waals surface area contributed by atoms with Crippen molar-refractivity contribution in [1.29, 1.82) is 0 Å². The molecule has 0 aromatic heterocycles. The summed E-state index contributed by atoms with van der Waals surface area (Å²) in [6.45, 7) is 6.59. The van der Waals surface area contributed by atoms with Gasteiger partial charge >= 0.3 is 0 Å². The van der Waals surface area contributed by atoms with Crippen molar-refractivity contribution in [2.24, 2.45) is 0 Å². The van der Waals surface area contributed by atoms with Gasteiger partial charge in [-0.2, -0.15) is 0 Å². The van der Waals surface area contributed by atoms with Gasteiger partial charge in [-0.05, 0) is 30.5 Å². The fraction of sp³-hybridized carbons (Fsp3) is 0.294. The van der Waals surface area contributed by atoms with Gasteiger partial charge in [-0.1, -0.05) is 48.5 Å². The zero-order valence-electron chi connectivity index (χ0n) is 11.6. The fourth-order valence-electron chi connectivity index (χ4n) is 2.08. The van der Waals surface area contributed by atoms with E-state index in [1.807, 2.05) is 6.07 Å². The van der Waals surface area contributed by atoms with Crippen LogP contribution in [0.15, 0.2) is 48.5 Å². The Hall–Kier alpha value is -1.80. The molecule has 0 saturated heterocycles. The van der Waals surface area contributed by atoms with Crippen LogP contribution < -0.4 is 10.1 Å². The molecule has 100 valence electrons. The largest absolute Gasteiger partial charge is 0.492 e. The topological polar surface area (TPSA) is 21.3 Å². The van der Waals surface area contributed by atoms with Crippen molar-refractivity contribution in [2.45, 2.75) is 20.4 Å². The van der Waals surface area contributed by atoms with Crippen molar-refractivity contribution in [3.8, 4) is 5.75 Å². The van der Waals surface area contributed by atoms with E-state index in [-0.39, 0.29) is 0 Å². The van der Waals surface area contributed by atoms with E-state index in [4.69, 9.17) is 4.74 Å². The van der Waals surface area contributed by atoms with E-state index in [1.165, 1.54) is 16.7 Å². The van der Waals surface area contributed by atoms with Gasteiger partial charge < -0.3 is 10.1 Å². The number of rotatable bonds is 6. The van der Waals surface area contributed by atoms with Crippen LogP contribution in [0.4, 0.5) is 0 Å². The molecule has 0 bridgehead atoms. The average Bonchev–Trinajstić information content (AvgIpc) is 2.42. The minimum Gasteiger partial charge on any atom is -0.492 e. The van der Waals surface area contributed by atoms with E-state index in [2.05, 4.69) is 61.6 Å². The lowest BCUT2D eigenvalue weighted by Gasteiger charge is -2.12. The van der Waals surface area contributed by atoms with Gasteiger partial charge in [-0.25, -0.2) is 0 Å². The predicted molar refractivity (Wildman–Crippen MR) is 79.6 cm³/mol. The molecule has 0 aliphatic carbocycles. The summed E-state index contributed by atoms with van der Waals surface area (Å²) in [5.74, 6) is 1.02.